The quantitative estimate of drug-likeness (QED) is 0.866. The van der Waals surface area contributed by atoms with Crippen LogP contribution in [0.25, 0.3) is 0 Å². The second kappa shape index (κ2) is 5.19. The topological polar surface area (TPSA) is 41.3 Å². The fourth-order valence-electron chi connectivity index (χ4n) is 2.38. The molecule has 0 radical (unpaired) electrons. The second-order valence-corrected chi connectivity index (χ2v) is 5.41. The summed E-state index contributed by atoms with van der Waals surface area (Å²) < 4.78 is 2.00. The summed E-state index contributed by atoms with van der Waals surface area (Å²) in [5.41, 5.74) is 1.13. The molecule has 1 N–H and O–H groups in total. The third-order valence-electron chi connectivity index (χ3n) is 3.57. The van der Waals surface area contributed by atoms with Crippen LogP contribution >= 0.6 is 0 Å². The van der Waals surface area contributed by atoms with Gasteiger partial charge in [-0.2, -0.15) is 5.10 Å². The summed E-state index contributed by atoms with van der Waals surface area (Å²) in [6.45, 7) is 9.13. The van der Waals surface area contributed by atoms with Crippen LogP contribution in [0, 0.1) is 5.92 Å². The first-order valence-corrected chi connectivity index (χ1v) is 6.50. The van der Waals surface area contributed by atoms with Crippen LogP contribution in [0.2, 0.25) is 0 Å². The first kappa shape index (κ1) is 12.6. The Kier molecular flexibility index (Phi) is 3.84. The number of aliphatic hydroxyl groups is 1. The van der Waals surface area contributed by atoms with E-state index in [1.807, 2.05) is 17.8 Å². The predicted octanol–water partition coefficient (Wildman–Crippen LogP) is 1.67. The van der Waals surface area contributed by atoms with E-state index in [2.05, 4.69) is 29.9 Å². The molecule has 0 bridgehead atoms. The summed E-state index contributed by atoms with van der Waals surface area (Å²) in [6, 6.07) is 2.52. The van der Waals surface area contributed by atoms with Gasteiger partial charge in [0.25, 0.3) is 0 Å². The average Bonchev–Trinajstić information content (AvgIpc) is 2.87. The molecule has 2 unspecified atom stereocenters. The highest BCUT2D eigenvalue weighted by Crippen LogP contribution is 2.21. The van der Waals surface area contributed by atoms with Crippen LogP contribution in [0.3, 0.4) is 0 Å². The molecular formula is C13H23N3O. The molecule has 1 aromatic heterocycles. The lowest BCUT2D eigenvalue weighted by molar-refractivity contribution is 0.127. The summed E-state index contributed by atoms with van der Waals surface area (Å²) >= 11 is 0. The molecule has 4 nitrogen and oxygen atoms in total. The fourth-order valence-corrected chi connectivity index (χ4v) is 2.38. The minimum Gasteiger partial charge on any atom is -0.393 e. The van der Waals surface area contributed by atoms with Crippen molar-refractivity contribution in [2.24, 2.45) is 5.92 Å². The normalized spacial score (nSPS) is 23.5. The highest BCUT2D eigenvalue weighted by atomic mass is 16.3. The maximum atomic E-state index is 9.57. The van der Waals surface area contributed by atoms with Gasteiger partial charge < -0.3 is 5.11 Å². The van der Waals surface area contributed by atoms with Crippen molar-refractivity contribution < 1.29 is 5.11 Å². The number of likely N-dealkylation sites (tertiary alicyclic amines) is 1. The zero-order chi connectivity index (χ0) is 12.4. The molecule has 0 aromatic carbocycles. The summed E-state index contributed by atoms with van der Waals surface area (Å²) in [5, 5.41) is 14.1. The van der Waals surface area contributed by atoms with Gasteiger partial charge in [-0.25, -0.2) is 0 Å². The Morgan fingerprint density at radius 3 is 2.76 bits per heavy atom. The van der Waals surface area contributed by atoms with E-state index in [-0.39, 0.29) is 6.10 Å². The lowest BCUT2D eigenvalue weighted by Crippen LogP contribution is -2.24. The Hall–Kier alpha value is -0.870. The van der Waals surface area contributed by atoms with Crippen LogP contribution in [0.4, 0.5) is 0 Å². The SMILES string of the molecule is CC(O)C1CCN(Cc2ccn(C(C)C)n2)C1. The molecule has 17 heavy (non-hydrogen) atoms. The standard InChI is InChI=1S/C13H23N3O/c1-10(2)16-7-5-13(14-16)9-15-6-4-12(8-15)11(3)17/h5,7,10-12,17H,4,6,8-9H2,1-3H3. The highest BCUT2D eigenvalue weighted by Gasteiger charge is 2.26. The van der Waals surface area contributed by atoms with Crippen molar-refractivity contribution >= 4 is 0 Å². The minimum atomic E-state index is -0.187. The molecule has 2 atom stereocenters. The molecule has 0 spiro atoms. The van der Waals surface area contributed by atoms with E-state index in [1.165, 1.54) is 0 Å². The number of aliphatic hydroxyl groups excluding tert-OH is 1. The minimum absolute atomic E-state index is 0.187. The molecule has 0 amide bonds. The van der Waals surface area contributed by atoms with Gasteiger partial charge in [0.2, 0.25) is 0 Å². The predicted molar refractivity (Wildman–Crippen MR) is 67.7 cm³/mol. The molecule has 1 aliphatic rings. The van der Waals surface area contributed by atoms with Crippen LogP contribution in [0.1, 0.15) is 38.9 Å². The van der Waals surface area contributed by atoms with Crippen molar-refractivity contribution in [3.05, 3.63) is 18.0 Å². The number of aromatic nitrogens is 2. The van der Waals surface area contributed by atoms with Crippen LogP contribution in [0.15, 0.2) is 12.3 Å². The number of rotatable bonds is 4. The third-order valence-corrected chi connectivity index (χ3v) is 3.57. The van der Waals surface area contributed by atoms with Crippen LogP contribution < -0.4 is 0 Å². The molecule has 1 fully saturated rings. The van der Waals surface area contributed by atoms with Gasteiger partial charge in [-0.05, 0) is 45.7 Å². The first-order valence-electron chi connectivity index (χ1n) is 6.50. The maximum Gasteiger partial charge on any atom is 0.0764 e. The molecule has 4 heteroatoms. The van der Waals surface area contributed by atoms with Gasteiger partial charge in [-0.15, -0.1) is 0 Å². The monoisotopic (exact) mass is 237 g/mol. The van der Waals surface area contributed by atoms with Crippen molar-refractivity contribution in [1.29, 1.82) is 0 Å². The molecule has 0 saturated carbocycles. The molecular weight excluding hydrogens is 214 g/mol. The first-order chi connectivity index (χ1) is 8.06. The number of hydrogen-bond acceptors (Lipinski definition) is 3. The van der Waals surface area contributed by atoms with Gasteiger partial charge in [0.15, 0.2) is 0 Å². The van der Waals surface area contributed by atoms with Gasteiger partial charge in [0, 0.05) is 25.3 Å². The van der Waals surface area contributed by atoms with E-state index in [0.717, 1.165) is 31.7 Å². The smallest absolute Gasteiger partial charge is 0.0764 e. The van der Waals surface area contributed by atoms with Gasteiger partial charge in [0.05, 0.1) is 11.8 Å². The Morgan fingerprint density at radius 2 is 2.24 bits per heavy atom. The summed E-state index contributed by atoms with van der Waals surface area (Å²) in [7, 11) is 0. The summed E-state index contributed by atoms with van der Waals surface area (Å²) in [4.78, 5) is 2.38. The maximum absolute atomic E-state index is 9.57. The largest absolute Gasteiger partial charge is 0.393 e. The van der Waals surface area contributed by atoms with E-state index in [0.29, 0.717) is 12.0 Å². The van der Waals surface area contributed by atoms with Crippen molar-refractivity contribution in [2.45, 2.75) is 45.9 Å². The van der Waals surface area contributed by atoms with Crippen LogP contribution in [-0.4, -0.2) is 39.0 Å². The molecule has 2 rings (SSSR count). The van der Waals surface area contributed by atoms with Crippen molar-refractivity contribution in [1.82, 2.24) is 14.7 Å². The summed E-state index contributed by atoms with van der Waals surface area (Å²) in [5.74, 6) is 0.433. The van der Waals surface area contributed by atoms with Crippen LogP contribution in [0.5, 0.6) is 0 Å². The molecule has 1 saturated heterocycles. The van der Waals surface area contributed by atoms with E-state index < -0.39 is 0 Å². The Bertz CT molecular complexity index is 359. The van der Waals surface area contributed by atoms with E-state index in [9.17, 15) is 5.11 Å². The van der Waals surface area contributed by atoms with Gasteiger partial charge in [0.1, 0.15) is 0 Å². The zero-order valence-corrected chi connectivity index (χ0v) is 11.0. The molecule has 96 valence electrons. The molecule has 1 aliphatic heterocycles. The van der Waals surface area contributed by atoms with Crippen molar-refractivity contribution in [3.63, 3.8) is 0 Å². The average molecular weight is 237 g/mol. The van der Waals surface area contributed by atoms with Gasteiger partial charge in [-0.1, -0.05) is 0 Å². The fraction of sp³-hybridized carbons (Fsp3) is 0.769. The zero-order valence-electron chi connectivity index (χ0n) is 11.0. The van der Waals surface area contributed by atoms with Crippen LogP contribution in [-0.2, 0) is 6.54 Å². The third kappa shape index (κ3) is 3.07. The van der Waals surface area contributed by atoms with Gasteiger partial charge >= 0.3 is 0 Å². The molecule has 2 heterocycles. The Balaban J connectivity index is 1.89. The van der Waals surface area contributed by atoms with E-state index in [1.54, 1.807) is 0 Å². The van der Waals surface area contributed by atoms with E-state index in [4.69, 9.17) is 0 Å². The second-order valence-electron chi connectivity index (χ2n) is 5.41. The Morgan fingerprint density at radius 1 is 1.47 bits per heavy atom. The van der Waals surface area contributed by atoms with Gasteiger partial charge in [-0.3, -0.25) is 9.58 Å². The highest BCUT2D eigenvalue weighted by molar-refractivity contribution is 5.00. The number of nitrogens with zero attached hydrogens (tertiary/aromatic N) is 3. The van der Waals surface area contributed by atoms with Crippen molar-refractivity contribution in [3.8, 4) is 0 Å². The Labute approximate surface area is 103 Å². The summed E-state index contributed by atoms with van der Waals surface area (Å²) in [6.07, 6.45) is 2.96. The lowest BCUT2D eigenvalue weighted by Gasteiger charge is -2.16. The van der Waals surface area contributed by atoms with E-state index >= 15 is 0 Å². The van der Waals surface area contributed by atoms with Crippen molar-refractivity contribution in [2.75, 3.05) is 13.1 Å². The lowest BCUT2D eigenvalue weighted by atomic mass is 10.0. The molecule has 0 aliphatic carbocycles. The number of hydrogen-bond donors (Lipinski definition) is 1. The molecule has 1 aromatic rings.